The van der Waals surface area contributed by atoms with E-state index in [9.17, 15) is 14.4 Å². The van der Waals surface area contributed by atoms with Crippen LogP contribution in [0.4, 0.5) is 0 Å². The summed E-state index contributed by atoms with van der Waals surface area (Å²) >= 11 is 1.28. The fourth-order valence-corrected chi connectivity index (χ4v) is 3.99. The van der Waals surface area contributed by atoms with Gasteiger partial charge in [-0.2, -0.15) is 0 Å². The molecule has 0 bridgehead atoms. The molecular weight excluding hydrogens is 388 g/mol. The van der Waals surface area contributed by atoms with Gasteiger partial charge in [-0.05, 0) is 29.3 Å². The molecule has 0 saturated heterocycles. The van der Waals surface area contributed by atoms with Crippen LogP contribution in [0.25, 0.3) is 6.08 Å². The number of hydrogen-bond acceptors (Lipinski definition) is 5. The maximum atomic E-state index is 12.9. The Morgan fingerprint density at radius 3 is 2.62 bits per heavy atom. The van der Waals surface area contributed by atoms with Crippen LogP contribution in [-0.4, -0.2) is 26.2 Å². The van der Waals surface area contributed by atoms with E-state index in [4.69, 9.17) is 0 Å². The number of fused-ring (bicyclic) bond motifs is 1. The summed E-state index contributed by atoms with van der Waals surface area (Å²) < 4.78 is 1.16. The Kier molecular flexibility index (Phi) is 5.44. The van der Waals surface area contributed by atoms with Gasteiger partial charge in [-0.1, -0.05) is 30.3 Å². The standard InChI is InChI=1S/C21H18N4O3S/c26-18(23-11-14-6-8-22-9-7-14)16-10-17-19(29-13-16)24-21(28)25(20(17)27)12-15-4-2-1-3-5-15/h1-10H,11-13H2,(H,23,26)(H,24,28). The Balaban J connectivity index is 1.59. The fraction of sp³-hybridized carbons (Fsp3) is 0.143. The summed E-state index contributed by atoms with van der Waals surface area (Å²) in [6.07, 6.45) is 4.91. The zero-order valence-electron chi connectivity index (χ0n) is 15.4. The first-order valence-corrected chi connectivity index (χ1v) is 10.0. The summed E-state index contributed by atoms with van der Waals surface area (Å²) in [7, 11) is 0. The molecule has 1 amide bonds. The second-order valence-corrected chi connectivity index (χ2v) is 7.53. The van der Waals surface area contributed by atoms with E-state index < -0.39 is 11.2 Å². The zero-order valence-corrected chi connectivity index (χ0v) is 16.2. The normalized spacial score (nSPS) is 12.8. The summed E-state index contributed by atoms with van der Waals surface area (Å²) in [5.41, 5.74) is 1.76. The number of thioether (sulfide) groups is 1. The smallest absolute Gasteiger partial charge is 0.329 e. The van der Waals surface area contributed by atoms with E-state index in [-0.39, 0.29) is 12.5 Å². The highest BCUT2D eigenvalue weighted by Crippen LogP contribution is 2.27. The van der Waals surface area contributed by atoms with Crippen molar-refractivity contribution in [2.75, 3.05) is 5.75 Å². The molecule has 1 aromatic carbocycles. The monoisotopic (exact) mass is 406 g/mol. The average molecular weight is 406 g/mol. The van der Waals surface area contributed by atoms with E-state index in [1.165, 1.54) is 11.8 Å². The highest BCUT2D eigenvalue weighted by atomic mass is 32.2. The zero-order chi connectivity index (χ0) is 20.2. The topological polar surface area (TPSA) is 96.8 Å². The van der Waals surface area contributed by atoms with Crippen molar-refractivity contribution in [1.82, 2.24) is 19.9 Å². The number of carbonyl (C=O) groups excluding carboxylic acids is 1. The predicted molar refractivity (Wildman–Crippen MR) is 112 cm³/mol. The molecule has 146 valence electrons. The van der Waals surface area contributed by atoms with Crippen LogP contribution in [0.15, 0.2) is 75.0 Å². The first-order chi connectivity index (χ1) is 14.1. The highest BCUT2D eigenvalue weighted by Gasteiger charge is 2.21. The van der Waals surface area contributed by atoms with Crippen molar-refractivity contribution in [2.24, 2.45) is 0 Å². The number of benzene rings is 1. The number of H-pyrrole nitrogens is 1. The van der Waals surface area contributed by atoms with Gasteiger partial charge in [0.05, 0.1) is 17.1 Å². The third-order valence-corrected chi connectivity index (χ3v) is 5.62. The molecule has 2 N–H and O–H groups in total. The molecule has 29 heavy (non-hydrogen) atoms. The summed E-state index contributed by atoms with van der Waals surface area (Å²) in [5, 5.41) is 3.35. The first-order valence-electron chi connectivity index (χ1n) is 9.03. The van der Waals surface area contributed by atoms with Crippen molar-refractivity contribution in [1.29, 1.82) is 0 Å². The van der Waals surface area contributed by atoms with Gasteiger partial charge < -0.3 is 10.3 Å². The van der Waals surface area contributed by atoms with Gasteiger partial charge in [0.1, 0.15) is 0 Å². The minimum atomic E-state index is -0.455. The van der Waals surface area contributed by atoms with E-state index in [0.717, 1.165) is 15.7 Å². The van der Waals surface area contributed by atoms with Gasteiger partial charge in [0.25, 0.3) is 5.56 Å². The summed E-state index contributed by atoms with van der Waals surface area (Å²) in [6.45, 7) is 0.546. The van der Waals surface area contributed by atoms with E-state index in [1.54, 1.807) is 18.5 Å². The fourth-order valence-electron chi connectivity index (χ4n) is 3.01. The molecule has 1 aliphatic heterocycles. The molecular formula is C21H18N4O3S. The number of aromatic amines is 1. The molecule has 0 aliphatic carbocycles. The van der Waals surface area contributed by atoms with Gasteiger partial charge in [0, 0.05) is 30.3 Å². The van der Waals surface area contributed by atoms with E-state index >= 15 is 0 Å². The number of nitrogens with one attached hydrogen (secondary N) is 2. The van der Waals surface area contributed by atoms with Crippen LogP contribution in [0.2, 0.25) is 0 Å². The van der Waals surface area contributed by atoms with Crippen molar-refractivity contribution in [3.05, 3.63) is 98.0 Å². The second-order valence-electron chi connectivity index (χ2n) is 6.55. The van der Waals surface area contributed by atoms with Crippen LogP contribution in [0.3, 0.4) is 0 Å². The quantitative estimate of drug-likeness (QED) is 0.630. The summed E-state index contributed by atoms with van der Waals surface area (Å²) in [5.74, 6) is 0.146. The van der Waals surface area contributed by atoms with Gasteiger partial charge in [-0.3, -0.25) is 19.1 Å². The third kappa shape index (κ3) is 4.22. The van der Waals surface area contributed by atoms with Crippen LogP contribution in [0.1, 0.15) is 16.7 Å². The van der Waals surface area contributed by atoms with Crippen molar-refractivity contribution in [3.63, 3.8) is 0 Å². The maximum Gasteiger partial charge on any atom is 0.329 e. The average Bonchev–Trinajstić information content (AvgIpc) is 2.76. The SMILES string of the molecule is O=C(NCc1ccncc1)C1=Cc2c([nH]c(=O)n(Cc3ccccc3)c2=O)SC1. The lowest BCUT2D eigenvalue weighted by Crippen LogP contribution is -2.38. The molecule has 0 fully saturated rings. The number of carbonyl (C=O) groups is 1. The molecule has 0 unspecified atom stereocenters. The van der Waals surface area contributed by atoms with Gasteiger partial charge in [0.2, 0.25) is 5.91 Å². The van der Waals surface area contributed by atoms with Gasteiger partial charge >= 0.3 is 5.69 Å². The number of aromatic nitrogens is 3. The largest absolute Gasteiger partial charge is 0.348 e. The lowest BCUT2D eigenvalue weighted by Gasteiger charge is -2.16. The van der Waals surface area contributed by atoms with Crippen molar-refractivity contribution < 1.29 is 4.79 Å². The summed E-state index contributed by atoms with van der Waals surface area (Å²) in [4.78, 5) is 44.6. The van der Waals surface area contributed by atoms with E-state index in [0.29, 0.717) is 28.5 Å². The molecule has 4 rings (SSSR count). The lowest BCUT2D eigenvalue weighted by molar-refractivity contribution is -0.117. The molecule has 2 aromatic heterocycles. The minimum Gasteiger partial charge on any atom is -0.348 e. The molecule has 3 heterocycles. The van der Waals surface area contributed by atoms with Crippen molar-refractivity contribution in [3.8, 4) is 0 Å². The van der Waals surface area contributed by atoms with Crippen molar-refractivity contribution in [2.45, 2.75) is 18.1 Å². The molecule has 7 nitrogen and oxygen atoms in total. The maximum absolute atomic E-state index is 12.9. The van der Waals surface area contributed by atoms with Crippen LogP contribution >= 0.6 is 11.8 Å². The Labute approximate surface area is 170 Å². The van der Waals surface area contributed by atoms with Gasteiger partial charge in [-0.15, -0.1) is 11.8 Å². The van der Waals surface area contributed by atoms with Crippen LogP contribution in [0, 0.1) is 0 Å². The van der Waals surface area contributed by atoms with Gasteiger partial charge in [-0.25, -0.2) is 4.79 Å². The molecule has 0 spiro atoms. The predicted octanol–water partition coefficient (Wildman–Crippen LogP) is 1.79. The number of rotatable bonds is 5. The number of nitrogens with zero attached hydrogens (tertiary/aromatic N) is 2. The Morgan fingerprint density at radius 2 is 1.86 bits per heavy atom. The lowest BCUT2D eigenvalue weighted by atomic mass is 10.1. The Hall–Kier alpha value is -3.39. The third-order valence-electron chi connectivity index (χ3n) is 4.55. The number of hydrogen-bond donors (Lipinski definition) is 2. The highest BCUT2D eigenvalue weighted by molar-refractivity contribution is 7.99. The molecule has 8 heteroatoms. The van der Waals surface area contributed by atoms with E-state index in [1.807, 2.05) is 42.5 Å². The number of pyridine rings is 1. The van der Waals surface area contributed by atoms with Crippen LogP contribution in [0.5, 0.6) is 0 Å². The molecule has 3 aromatic rings. The number of amides is 1. The van der Waals surface area contributed by atoms with E-state index in [2.05, 4.69) is 15.3 Å². The molecule has 0 atom stereocenters. The minimum absolute atomic E-state index is 0.171. The first kappa shape index (κ1) is 18.9. The molecule has 0 saturated carbocycles. The van der Waals surface area contributed by atoms with Crippen LogP contribution < -0.4 is 16.6 Å². The summed E-state index contributed by atoms with van der Waals surface area (Å²) in [6, 6.07) is 12.9. The Bertz CT molecular complexity index is 1180. The van der Waals surface area contributed by atoms with Crippen LogP contribution in [-0.2, 0) is 17.9 Å². The second kappa shape index (κ2) is 8.32. The molecule has 0 radical (unpaired) electrons. The molecule has 1 aliphatic rings. The van der Waals surface area contributed by atoms with Crippen molar-refractivity contribution >= 4 is 23.7 Å². The Morgan fingerprint density at radius 1 is 1.10 bits per heavy atom. The van der Waals surface area contributed by atoms with Gasteiger partial charge in [0.15, 0.2) is 0 Å².